The molecule has 14 heavy (non-hydrogen) atoms. The first kappa shape index (κ1) is 10.1. The first-order valence-electron chi connectivity index (χ1n) is 5.06. The van der Waals surface area contributed by atoms with Crippen LogP contribution in [0.15, 0.2) is 5.38 Å². The first-order chi connectivity index (χ1) is 6.66. The molecule has 0 radical (unpaired) electrons. The van der Waals surface area contributed by atoms with E-state index in [0.29, 0.717) is 5.92 Å². The minimum Gasteiger partial charge on any atom is -0.322 e. The number of rotatable bonds is 2. The molecule has 2 atom stereocenters. The molecular formula is C10H17N3S. The van der Waals surface area contributed by atoms with Gasteiger partial charge in [-0.1, -0.05) is 0 Å². The van der Waals surface area contributed by atoms with Crippen LogP contribution in [0.25, 0.3) is 0 Å². The standard InChI is InChI=1S/C10H17N3S/c1-7(11)10-12-9(6-14-10)8-3-4-13(2)5-8/h6-8H,3-5,11H2,1-2H3. The van der Waals surface area contributed by atoms with Gasteiger partial charge in [-0.3, -0.25) is 0 Å². The molecule has 2 N–H and O–H groups in total. The second-order valence-electron chi connectivity index (χ2n) is 4.15. The maximum atomic E-state index is 5.79. The summed E-state index contributed by atoms with van der Waals surface area (Å²) in [6.07, 6.45) is 1.23. The van der Waals surface area contributed by atoms with Crippen LogP contribution in [-0.2, 0) is 0 Å². The lowest BCUT2D eigenvalue weighted by molar-refractivity contribution is 0.411. The Morgan fingerprint density at radius 1 is 1.71 bits per heavy atom. The van der Waals surface area contributed by atoms with Crippen LogP contribution >= 0.6 is 11.3 Å². The largest absolute Gasteiger partial charge is 0.322 e. The van der Waals surface area contributed by atoms with Crippen LogP contribution in [0.1, 0.15) is 36.0 Å². The van der Waals surface area contributed by atoms with E-state index in [1.807, 2.05) is 6.92 Å². The third-order valence-electron chi connectivity index (χ3n) is 2.74. The summed E-state index contributed by atoms with van der Waals surface area (Å²) in [5.41, 5.74) is 7.03. The number of hydrogen-bond acceptors (Lipinski definition) is 4. The van der Waals surface area contributed by atoms with Crippen LogP contribution in [0, 0.1) is 0 Å². The van der Waals surface area contributed by atoms with Crippen LogP contribution in [0.3, 0.4) is 0 Å². The summed E-state index contributed by atoms with van der Waals surface area (Å²) in [6.45, 7) is 4.32. The average molecular weight is 211 g/mol. The highest BCUT2D eigenvalue weighted by Crippen LogP contribution is 2.28. The molecule has 3 nitrogen and oxygen atoms in total. The zero-order valence-electron chi connectivity index (χ0n) is 8.73. The molecular weight excluding hydrogens is 194 g/mol. The minimum atomic E-state index is 0.0767. The number of nitrogens with two attached hydrogens (primary N) is 1. The van der Waals surface area contributed by atoms with Crippen molar-refractivity contribution in [2.24, 2.45) is 5.73 Å². The van der Waals surface area contributed by atoms with E-state index in [0.717, 1.165) is 11.6 Å². The van der Waals surface area contributed by atoms with Crippen LogP contribution in [0.2, 0.25) is 0 Å². The van der Waals surface area contributed by atoms with Crippen molar-refractivity contribution in [3.05, 3.63) is 16.1 Å². The second-order valence-corrected chi connectivity index (χ2v) is 5.04. The van der Waals surface area contributed by atoms with Crippen LogP contribution in [-0.4, -0.2) is 30.0 Å². The van der Waals surface area contributed by atoms with E-state index in [1.54, 1.807) is 11.3 Å². The molecule has 0 saturated carbocycles. The Bertz CT molecular complexity index is 308. The lowest BCUT2D eigenvalue weighted by Crippen LogP contribution is -2.13. The van der Waals surface area contributed by atoms with Crippen molar-refractivity contribution in [2.45, 2.75) is 25.3 Å². The van der Waals surface area contributed by atoms with E-state index in [1.165, 1.54) is 18.7 Å². The molecule has 2 heterocycles. The quantitative estimate of drug-likeness (QED) is 0.807. The van der Waals surface area contributed by atoms with Crippen molar-refractivity contribution in [3.8, 4) is 0 Å². The van der Waals surface area contributed by atoms with E-state index in [2.05, 4.69) is 22.3 Å². The van der Waals surface area contributed by atoms with E-state index < -0.39 is 0 Å². The third kappa shape index (κ3) is 1.97. The zero-order valence-corrected chi connectivity index (χ0v) is 9.55. The van der Waals surface area contributed by atoms with Crippen molar-refractivity contribution >= 4 is 11.3 Å². The van der Waals surface area contributed by atoms with E-state index in [4.69, 9.17) is 5.73 Å². The van der Waals surface area contributed by atoms with Crippen LogP contribution < -0.4 is 5.73 Å². The van der Waals surface area contributed by atoms with Gasteiger partial charge in [0, 0.05) is 17.8 Å². The smallest absolute Gasteiger partial charge is 0.109 e. The van der Waals surface area contributed by atoms with Gasteiger partial charge in [-0.05, 0) is 26.9 Å². The summed E-state index contributed by atoms with van der Waals surface area (Å²) in [7, 11) is 2.17. The van der Waals surface area contributed by atoms with Gasteiger partial charge in [0.2, 0.25) is 0 Å². The summed E-state index contributed by atoms with van der Waals surface area (Å²) in [5.74, 6) is 0.628. The van der Waals surface area contributed by atoms with Crippen LogP contribution in [0.4, 0.5) is 0 Å². The highest BCUT2D eigenvalue weighted by atomic mass is 32.1. The molecule has 1 aliphatic rings. The number of aromatic nitrogens is 1. The van der Waals surface area contributed by atoms with Gasteiger partial charge in [-0.15, -0.1) is 11.3 Å². The third-order valence-corrected chi connectivity index (χ3v) is 3.80. The molecule has 1 aromatic rings. The predicted octanol–water partition coefficient (Wildman–Crippen LogP) is 1.58. The highest BCUT2D eigenvalue weighted by Gasteiger charge is 2.23. The van der Waals surface area contributed by atoms with Gasteiger partial charge in [-0.25, -0.2) is 4.98 Å². The number of likely N-dealkylation sites (tertiary alicyclic amines) is 1. The number of hydrogen-bond donors (Lipinski definition) is 1. The van der Waals surface area contributed by atoms with E-state index >= 15 is 0 Å². The van der Waals surface area contributed by atoms with Gasteiger partial charge in [0.25, 0.3) is 0 Å². The summed E-state index contributed by atoms with van der Waals surface area (Å²) in [6, 6.07) is 0.0767. The highest BCUT2D eigenvalue weighted by molar-refractivity contribution is 7.09. The van der Waals surface area contributed by atoms with Gasteiger partial charge in [0.15, 0.2) is 0 Å². The molecule has 0 aliphatic carbocycles. The monoisotopic (exact) mass is 211 g/mol. The maximum absolute atomic E-state index is 5.79. The zero-order chi connectivity index (χ0) is 10.1. The van der Waals surface area contributed by atoms with Gasteiger partial charge in [0.05, 0.1) is 11.7 Å². The van der Waals surface area contributed by atoms with Crippen molar-refractivity contribution in [3.63, 3.8) is 0 Å². The lowest BCUT2D eigenvalue weighted by Gasteiger charge is -2.07. The predicted molar refractivity (Wildman–Crippen MR) is 59.6 cm³/mol. The normalized spacial score (nSPS) is 25.5. The Morgan fingerprint density at radius 3 is 3.00 bits per heavy atom. The lowest BCUT2D eigenvalue weighted by atomic mass is 10.1. The molecule has 1 aliphatic heterocycles. The molecule has 1 aromatic heterocycles. The number of nitrogens with zero attached hydrogens (tertiary/aromatic N) is 2. The van der Waals surface area contributed by atoms with Gasteiger partial charge < -0.3 is 10.6 Å². The molecule has 1 fully saturated rings. The molecule has 2 rings (SSSR count). The van der Waals surface area contributed by atoms with Gasteiger partial charge in [0.1, 0.15) is 5.01 Å². The summed E-state index contributed by atoms with van der Waals surface area (Å²) in [4.78, 5) is 6.95. The van der Waals surface area contributed by atoms with Crippen molar-refractivity contribution in [2.75, 3.05) is 20.1 Å². The molecule has 0 aromatic carbocycles. The number of likely N-dealkylation sites (N-methyl/N-ethyl adjacent to an activating group) is 1. The fourth-order valence-electron chi connectivity index (χ4n) is 1.87. The van der Waals surface area contributed by atoms with Gasteiger partial charge in [-0.2, -0.15) is 0 Å². The average Bonchev–Trinajstić information content (AvgIpc) is 2.70. The molecule has 2 unspecified atom stereocenters. The topological polar surface area (TPSA) is 42.1 Å². The Labute approximate surface area is 88.9 Å². The molecule has 0 bridgehead atoms. The minimum absolute atomic E-state index is 0.0767. The Morgan fingerprint density at radius 2 is 2.50 bits per heavy atom. The molecule has 0 spiro atoms. The number of thiazole rings is 1. The summed E-state index contributed by atoms with van der Waals surface area (Å²) >= 11 is 1.69. The Kier molecular flexibility index (Phi) is 2.85. The SMILES string of the molecule is CC(N)c1nc(C2CCN(C)C2)cs1. The molecule has 4 heteroatoms. The van der Waals surface area contributed by atoms with Gasteiger partial charge >= 0.3 is 0 Å². The van der Waals surface area contributed by atoms with Crippen LogP contribution in [0.5, 0.6) is 0 Å². The summed E-state index contributed by atoms with van der Waals surface area (Å²) < 4.78 is 0. The van der Waals surface area contributed by atoms with Crippen molar-refractivity contribution in [1.82, 2.24) is 9.88 Å². The first-order valence-corrected chi connectivity index (χ1v) is 5.94. The fourth-order valence-corrected chi connectivity index (χ4v) is 2.73. The van der Waals surface area contributed by atoms with E-state index in [-0.39, 0.29) is 6.04 Å². The molecule has 0 amide bonds. The maximum Gasteiger partial charge on any atom is 0.109 e. The Hall–Kier alpha value is -0.450. The molecule has 1 saturated heterocycles. The fraction of sp³-hybridized carbons (Fsp3) is 0.700. The van der Waals surface area contributed by atoms with E-state index in [9.17, 15) is 0 Å². The van der Waals surface area contributed by atoms with Crippen molar-refractivity contribution in [1.29, 1.82) is 0 Å². The van der Waals surface area contributed by atoms with Crippen molar-refractivity contribution < 1.29 is 0 Å². The molecule has 78 valence electrons. The second kappa shape index (κ2) is 3.96. The Balaban J connectivity index is 2.09. The summed E-state index contributed by atoms with van der Waals surface area (Å²) in [5, 5.41) is 3.23.